The van der Waals surface area contributed by atoms with Gasteiger partial charge in [-0.1, -0.05) is 12.8 Å². The normalized spacial score (nSPS) is 33.8. The highest BCUT2D eigenvalue weighted by Gasteiger charge is 2.40. The second kappa shape index (κ2) is 5.37. The molecule has 2 fully saturated rings. The first kappa shape index (κ1) is 12.9. The van der Waals surface area contributed by atoms with Crippen LogP contribution in [-0.2, 0) is 4.79 Å². The molecule has 1 saturated heterocycles. The van der Waals surface area contributed by atoms with Gasteiger partial charge in [0.2, 0.25) is 5.91 Å². The lowest BCUT2D eigenvalue weighted by Gasteiger charge is -2.33. The van der Waals surface area contributed by atoms with Gasteiger partial charge in [-0.25, -0.2) is 0 Å². The number of nitrogens with zero attached hydrogens (tertiary/aromatic N) is 1. The number of amides is 1. The first-order chi connectivity index (χ1) is 8.11. The predicted molar refractivity (Wildman–Crippen MR) is 64.9 cm³/mol. The van der Waals surface area contributed by atoms with E-state index >= 15 is 0 Å². The van der Waals surface area contributed by atoms with Crippen LogP contribution >= 0.6 is 0 Å². The van der Waals surface area contributed by atoms with Gasteiger partial charge in [0.1, 0.15) is 0 Å². The Morgan fingerprint density at radius 3 is 2.53 bits per heavy atom. The van der Waals surface area contributed by atoms with Gasteiger partial charge in [0, 0.05) is 12.6 Å². The smallest absolute Gasteiger partial charge is 0.426 e. The lowest BCUT2D eigenvalue weighted by molar-refractivity contribution is -0.137. The van der Waals surface area contributed by atoms with Crippen LogP contribution in [0.2, 0.25) is 0 Å². The van der Waals surface area contributed by atoms with Crippen molar-refractivity contribution in [2.75, 3.05) is 6.54 Å². The fourth-order valence-corrected chi connectivity index (χ4v) is 3.06. The molecule has 0 spiro atoms. The molecule has 17 heavy (non-hydrogen) atoms. The van der Waals surface area contributed by atoms with Crippen LogP contribution in [0.15, 0.2) is 0 Å². The molecule has 1 aliphatic heterocycles. The van der Waals surface area contributed by atoms with Gasteiger partial charge in [-0.3, -0.25) is 4.79 Å². The van der Waals surface area contributed by atoms with Crippen molar-refractivity contribution < 1.29 is 14.8 Å². The van der Waals surface area contributed by atoms with E-state index in [0.29, 0.717) is 13.0 Å². The van der Waals surface area contributed by atoms with Crippen molar-refractivity contribution in [3.63, 3.8) is 0 Å². The maximum Gasteiger partial charge on any atom is 0.475 e. The number of hydrogen-bond acceptors (Lipinski definition) is 4. The zero-order valence-electron chi connectivity index (χ0n) is 10.1. The molecule has 0 aromatic rings. The SMILES string of the molecule is N[C@H]1CCCC[C@@H]1C(=O)N1CCCC1B(O)O. The lowest BCUT2D eigenvalue weighted by atomic mass is 9.76. The van der Waals surface area contributed by atoms with Crippen molar-refractivity contribution in [2.24, 2.45) is 11.7 Å². The van der Waals surface area contributed by atoms with E-state index in [9.17, 15) is 14.8 Å². The largest absolute Gasteiger partial charge is 0.475 e. The number of carbonyl (C=O) groups excluding carboxylic acids is 1. The van der Waals surface area contributed by atoms with Crippen LogP contribution in [0.5, 0.6) is 0 Å². The molecular weight excluding hydrogens is 219 g/mol. The molecule has 1 heterocycles. The fraction of sp³-hybridized carbons (Fsp3) is 0.909. The maximum atomic E-state index is 12.3. The van der Waals surface area contributed by atoms with Gasteiger partial charge >= 0.3 is 7.12 Å². The zero-order chi connectivity index (χ0) is 12.4. The third-order valence-electron chi connectivity index (χ3n) is 4.06. The van der Waals surface area contributed by atoms with Crippen LogP contribution in [0.4, 0.5) is 0 Å². The van der Waals surface area contributed by atoms with Gasteiger partial charge in [0.05, 0.1) is 11.9 Å². The van der Waals surface area contributed by atoms with Crippen LogP contribution in [0.25, 0.3) is 0 Å². The van der Waals surface area contributed by atoms with E-state index in [4.69, 9.17) is 5.73 Å². The molecule has 1 amide bonds. The van der Waals surface area contributed by atoms with E-state index in [1.54, 1.807) is 4.90 Å². The summed E-state index contributed by atoms with van der Waals surface area (Å²) in [7, 11) is -1.43. The average Bonchev–Trinajstić information content (AvgIpc) is 2.77. The fourth-order valence-electron chi connectivity index (χ4n) is 3.06. The van der Waals surface area contributed by atoms with Crippen molar-refractivity contribution in [3.05, 3.63) is 0 Å². The highest BCUT2D eigenvalue weighted by Crippen LogP contribution is 2.28. The second-order valence-electron chi connectivity index (χ2n) is 5.21. The molecule has 1 saturated carbocycles. The Bertz CT molecular complexity index is 288. The predicted octanol–water partition coefficient (Wildman–Crippen LogP) is -0.493. The minimum Gasteiger partial charge on any atom is -0.426 e. The van der Waals surface area contributed by atoms with E-state index in [0.717, 1.165) is 32.1 Å². The zero-order valence-corrected chi connectivity index (χ0v) is 10.1. The molecule has 0 bridgehead atoms. The number of nitrogens with two attached hydrogens (primary N) is 1. The van der Waals surface area contributed by atoms with Gasteiger partial charge in [-0.05, 0) is 25.7 Å². The second-order valence-corrected chi connectivity index (χ2v) is 5.21. The Balaban J connectivity index is 2.03. The van der Waals surface area contributed by atoms with Gasteiger partial charge < -0.3 is 20.7 Å². The molecule has 3 atom stereocenters. The Morgan fingerprint density at radius 2 is 1.88 bits per heavy atom. The summed E-state index contributed by atoms with van der Waals surface area (Å²) in [5.74, 6) is -0.535. The quantitative estimate of drug-likeness (QED) is 0.568. The number of rotatable bonds is 2. The van der Waals surface area contributed by atoms with Gasteiger partial charge in [-0.15, -0.1) is 0 Å². The highest BCUT2D eigenvalue weighted by molar-refractivity contribution is 6.43. The number of hydrogen-bond donors (Lipinski definition) is 3. The Hall–Kier alpha value is -0.585. The summed E-state index contributed by atoms with van der Waals surface area (Å²) in [6, 6.07) is -0.0617. The lowest BCUT2D eigenvalue weighted by Crippen LogP contribution is -2.51. The molecule has 4 N–H and O–H groups in total. The third-order valence-corrected chi connectivity index (χ3v) is 4.06. The summed E-state index contributed by atoms with van der Waals surface area (Å²) in [6.07, 6.45) is 5.39. The van der Waals surface area contributed by atoms with Crippen molar-refractivity contribution >= 4 is 13.0 Å². The van der Waals surface area contributed by atoms with Crippen molar-refractivity contribution in [1.29, 1.82) is 0 Å². The summed E-state index contributed by atoms with van der Waals surface area (Å²) >= 11 is 0. The first-order valence-corrected chi connectivity index (χ1v) is 6.53. The monoisotopic (exact) mass is 240 g/mol. The molecule has 1 unspecified atom stereocenters. The topological polar surface area (TPSA) is 86.8 Å². The molecule has 96 valence electrons. The average molecular weight is 240 g/mol. The molecule has 5 nitrogen and oxygen atoms in total. The van der Waals surface area contributed by atoms with Crippen LogP contribution in [-0.4, -0.2) is 46.5 Å². The summed E-state index contributed by atoms with van der Waals surface area (Å²) in [4.78, 5) is 14.0. The standard InChI is InChI=1S/C11H21BN2O3/c13-9-5-2-1-4-8(9)11(15)14-7-3-6-10(14)12(16)17/h8-10,16-17H,1-7,13H2/t8-,9-,10?/m0/s1. The van der Waals surface area contributed by atoms with Crippen LogP contribution in [0, 0.1) is 5.92 Å². The Morgan fingerprint density at radius 1 is 1.18 bits per heavy atom. The number of carbonyl (C=O) groups is 1. The van der Waals surface area contributed by atoms with Crippen molar-refractivity contribution in [2.45, 2.75) is 50.5 Å². The molecule has 0 aromatic heterocycles. The number of likely N-dealkylation sites (tertiary alicyclic amines) is 1. The first-order valence-electron chi connectivity index (χ1n) is 6.53. The van der Waals surface area contributed by atoms with Crippen LogP contribution in [0.3, 0.4) is 0 Å². The minimum absolute atomic E-state index is 0.0211. The van der Waals surface area contributed by atoms with E-state index in [2.05, 4.69) is 0 Å². The molecule has 2 aliphatic rings. The van der Waals surface area contributed by atoms with Gasteiger partial charge in [0.15, 0.2) is 0 Å². The van der Waals surface area contributed by atoms with Crippen LogP contribution in [0.1, 0.15) is 38.5 Å². The van der Waals surface area contributed by atoms with Crippen molar-refractivity contribution in [3.8, 4) is 0 Å². The van der Waals surface area contributed by atoms with E-state index in [1.165, 1.54) is 0 Å². The summed E-state index contributed by atoms with van der Waals surface area (Å²) < 4.78 is 0. The molecule has 0 aromatic carbocycles. The molecular formula is C11H21BN2O3. The summed E-state index contributed by atoms with van der Waals surface area (Å²) in [6.45, 7) is 0.629. The maximum absolute atomic E-state index is 12.3. The summed E-state index contributed by atoms with van der Waals surface area (Å²) in [5, 5.41) is 18.5. The minimum atomic E-state index is -1.43. The highest BCUT2D eigenvalue weighted by atomic mass is 16.4. The van der Waals surface area contributed by atoms with Gasteiger partial charge in [-0.2, -0.15) is 0 Å². The van der Waals surface area contributed by atoms with E-state index in [1.807, 2.05) is 0 Å². The molecule has 6 heteroatoms. The van der Waals surface area contributed by atoms with Crippen LogP contribution < -0.4 is 5.73 Å². The molecule has 2 rings (SSSR count). The van der Waals surface area contributed by atoms with E-state index in [-0.39, 0.29) is 17.9 Å². The Labute approximate surface area is 102 Å². The third kappa shape index (κ3) is 2.64. The van der Waals surface area contributed by atoms with Gasteiger partial charge in [0.25, 0.3) is 0 Å². The van der Waals surface area contributed by atoms with E-state index < -0.39 is 13.1 Å². The Kier molecular flexibility index (Phi) is 4.07. The summed E-state index contributed by atoms with van der Waals surface area (Å²) in [5.41, 5.74) is 6.00. The molecule has 1 aliphatic carbocycles. The van der Waals surface area contributed by atoms with Crippen molar-refractivity contribution in [1.82, 2.24) is 4.90 Å². The molecule has 0 radical (unpaired) electrons.